The molecule has 6 heteroatoms. The van der Waals surface area contributed by atoms with Crippen LogP contribution < -0.4 is 62.4 Å². The molecule has 0 aliphatic rings. The first kappa shape index (κ1) is 13.2. The molecule has 0 aromatic heterocycles. The Kier molecular flexibility index (Phi) is 6.42. The molecule has 0 fully saturated rings. The van der Waals surface area contributed by atoms with E-state index < -0.39 is 9.74 Å². The van der Waals surface area contributed by atoms with Crippen molar-refractivity contribution in [2.45, 2.75) is 0 Å². The zero-order valence-electron chi connectivity index (χ0n) is 7.60. The molecular formula is C6H8O3PRbS. The van der Waals surface area contributed by atoms with Crippen LogP contribution in [-0.4, -0.2) is 8.42 Å². The smallest absolute Gasteiger partial charge is 1.00 e. The van der Waals surface area contributed by atoms with Crippen molar-refractivity contribution in [1.82, 2.24) is 0 Å². The molecule has 0 spiro atoms. The molecule has 0 aliphatic carbocycles. The molecule has 0 saturated carbocycles. The van der Waals surface area contributed by atoms with Crippen LogP contribution in [0.25, 0.3) is 0 Å². The second-order valence-electron chi connectivity index (χ2n) is 1.89. The number of rotatable bonds is 2. The van der Waals surface area contributed by atoms with E-state index in [9.17, 15) is 8.42 Å². The van der Waals surface area contributed by atoms with Crippen LogP contribution in [0.3, 0.4) is 0 Å². The molecule has 1 atom stereocenters. The molecule has 0 amide bonds. The Bertz CT molecular complexity index is 329. The van der Waals surface area contributed by atoms with E-state index in [0.717, 1.165) is 0 Å². The van der Waals surface area contributed by atoms with Gasteiger partial charge in [-0.2, -0.15) is 8.42 Å². The van der Waals surface area contributed by atoms with E-state index in [2.05, 4.69) is 4.18 Å². The van der Waals surface area contributed by atoms with Crippen molar-refractivity contribution >= 4 is 18.2 Å². The minimum absolute atomic E-state index is 0. The third-order valence-electron chi connectivity index (χ3n) is 0.956. The third-order valence-corrected chi connectivity index (χ3v) is 1.67. The second kappa shape index (κ2) is 5.84. The maximum absolute atomic E-state index is 10.5. The third kappa shape index (κ3) is 5.78. The average molecular weight is 277 g/mol. The summed E-state index contributed by atoms with van der Waals surface area (Å²) in [4.78, 5) is 0. The summed E-state index contributed by atoms with van der Waals surface area (Å²) in [5.41, 5.74) is 0. The standard InChI is InChI=1S/C6H7O3PS.Rb.H/c7-11(8,10)9-6-4-2-1-3-5-6;;/h1-5H,10H2;;/q;+1;-1. The fraction of sp³-hybridized carbons (Fsp3) is 0. The van der Waals surface area contributed by atoms with Gasteiger partial charge in [-0.3, -0.25) is 0 Å². The average Bonchev–Trinajstić information content (AvgIpc) is 1.85. The number of para-hydroxylation sites is 1. The van der Waals surface area contributed by atoms with Gasteiger partial charge in [0, 0.05) is 8.44 Å². The minimum Gasteiger partial charge on any atom is -1.00 e. The van der Waals surface area contributed by atoms with Crippen molar-refractivity contribution in [2.75, 3.05) is 0 Å². The van der Waals surface area contributed by atoms with Crippen molar-refractivity contribution in [3.8, 4) is 5.75 Å². The van der Waals surface area contributed by atoms with Gasteiger partial charge in [-0.15, -0.1) is 0 Å². The molecule has 0 bridgehead atoms. The van der Waals surface area contributed by atoms with Crippen LogP contribution in [0.15, 0.2) is 30.3 Å². The van der Waals surface area contributed by atoms with Gasteiger partial charge in [0.15, 0.2) is 0 Å². The fourth-order valence-electron chi connectivity index (χ4n) is 0.610. The predicted octanol–water partition coefficient (Wildman–Crippen LogP) is -1.70. The monoisotopic (exact) mass is 276 g/mol. The largest absolute Gasteiger partial charge is 1.00 e. The predicted molar refractivity (Wildman–Crippen MR) is 46.8 cm³/mol. The Balaban J connectivity index is 0. The van der Waals surface area contributed by atoms with Crippen LogP contribution in [0.2, 0.25) is 0 Å². The Morgan fingerprint density at radius 1 is 1.25 bits per heavy atom. The molecule has 12 heavy (non-hydrogen) atoms. The summed E-state index contributed by atoms with van der Waals surface area (Å²) < 4.78 is 25.6. The zero-order chi connectivity index (χ0) is 8.32. The van der Waals surface area contributed by atoms with Gasteiger partial charge in [-0.05, 0) is 12.1 Å². The summed E-state index contributed by atoms with van der Waals surface area (Å²) in [5.74, 6) is 0.322. The maximum atomic E-state index is 10.5. The Morgan fingerprint density at radius 3 is 2.17 bits per heavy atom. The quantitative estimate of drug-likeness (QED) is 0.605. The zero-order valence-corrected chi connectivity index (χ0v) is 13.5. The van der Waals surface area contributed by atoms with Crippen molar-refractivity contribution in [2.24, 2.45) is 0 Å². The van der Waals surface area contributed by atoms with Gasteiger partial charge in [0.05, 0.1) is 0 Å². The molecule has 62 valence electrons. The summed E-state index contributed by atoms with van der Waals surface area (Å²) >= 11 is 0. The van der Waals surface area contributed by atoms with E-state index in [4.69, 9.17) is 0 Å². The molecule has 1 aromatic carbocycles. The van der Waals surface area contributed by atoms with Crippen LogP contribution in [0.4, 0.5) is 0 Å². The maximum Gasteiger partial charge on any atom is 1.00 e. The summed E-state index contributed by atoms with van der Waals surface area (Å²) in [5, 5.41) is 0. The molecular weight excluding hydrogens is 269 g/mol. The van der Waals surface area contributed by atoms with Gasteiger partial charge in [-0.1, -0.05) is 18.2 Å². The van der Waals surface area contributed by atoms with Gasteiger partial charge in [0.25, 0.3) is 0 Å². The first-order valence-corrected chi connectivity index (χ1v) is 5.74. The van der Waals surface area contributed by atoms with E-state index in [1.165, 1.54) is 0 Å². The van der Waals surface area contributed by atoms with Crippen LogP contribution in [-0.2, 0) is 9.74 Å². The molecule has 0 radical (unpaired) electrons. The Hall–Kier alpha value is 1.21. The number of hydrogen-bond acceptors (Lipinski definition) is 3. The van der Waals surface area contributed by atoms with Gasteiger partial charge < -0.3 is 5.61 Å². The number of hydrogen-bond donors (Lipinski definition) is 0. The van der Waals surface area contributed by atoms with Crippen molar-refractivity contribution in [3.05, 3.63) is 30.3 Å². The van der Waals surface area contributed by atoms with E-state index in [1.54, 1.807) is 38.8 Å². The van der Waals surface area contributed by atoms with Crippen LogP contribution in [0.5, 0.6) is 5.75 Å². The van der Waals surface area contributed by atoms with Crippen molar-refractivity contribution < 1.29 is 72.2 Å². The van der Waals surface area contributed by atoms with Crippen molar-refractivity contribution in [3.63, 3.8) is 0 Å². The topological polar surface area (TPSA) is 43.4 Å². The van der Waals surface area contributed by atoms with Crippen molar-refractivity contribution in [1.29, 1.82) is 0 Å². The van der Waals surface area contributed by atoms with E-state index in [1.807, 2.05) is 0 Å². The van der Waals surface area contributed by atoms with E-state index in [0.29, 0.717) is 5.75 Å². The molecule has 3 nitrogen and oxygen atoms in total. The second-order valence-corrected chi connectivity index (χ2v) is 4.77. The molecule has 0 saturated heterocycles. The fourth-order valence-corrected chi connectivity index (χ4v) is 1.32. The molecule has 1 aromatic rings. The molecule has 0 aliphatic heterocycles. The summed E-state index contributed by atoms with van der Waals surface area (Å²) in [6.45, 7) is 0. The SMILES string of the molecule is O=S(=O)(P)Oc1ccccc1.[H-].[Rb+]. The molecule has 1 rings (SSSR count). The van der Waals surface area contributed by atoms with Gasteiger partial charge in [-0.25, -0.2) is 0 Å². The molecule has 0 N–H and O–H groups in total. The van der Waals surface area contributed by atoms with Gasteiger partial charge >= 0.3 is 67.9 Å². The van der Waals surface area contributed by atoms with Gasteiger partial charge in [0.1, 0.15) is 5.75 Å². The first-order chi connectivity index (χ1) is 5.08. The van der Waals surface area contributed by atoms with E-state index >= 15 is 0 Å². The minimum atomic E-state index is -3.46. The van der Waals surface area contributed by atoms with Crippen LogP contribution >= 0.6 is 8.44 Å². The summed E-state index contributed by atoms with van der Waals surface area (Å²) in [6.07, 6.45) is 0. The number of benzene rings is 1. The van der Waals surface area contributed by atoms with Gasteiger partial charge in [0.2, 0.25) is 0 Å². The van der Waals surface area contributed by atoms with Crippen LogP contribution in [0, 0.1) is 0 Å². The normalized spacial score (nSPS) is 10.1. The van der Waals surface area contributed by atoms with Crippen LogP contribution in [0.1, 0.15) is 1.43 Å². The molecule has 1 unspecified atom stereocenters. The Labute approximate surface area is 124 Å². The summed E-state index contributed by atoms with van der Waals surface area (Å²) in [6, 6.07) is 8.32. The summed E-state index contributed by atoms with van der Waals surface area (Å²) in [7, 11) is -1.85. The Morgan fingerprint density at radius 2 is 1.75 bits per heavy atom. The first-order valence-electron chi connectivity index (χ1n) is 2.85. The molecule has 0 heterocycles. The van der Waals surface area contributed by atoms with E-state index in [-0.39, 0.29) is 59.6 Å².